The van der Waals surface area contributed by atoms with Crippen LogP contribution in [-0.4, -0.2) is 17.2 Å². The Kier molecular flexibility index (Phi) is 5.41. The Bertz CT molecular complexity index is 473. The largest absolute Gasteiger partial charge is 0.338 e. The minimum absolute atomic E-state index is 0. The summed E-state index contributed by atoms with van der Waals surface area (Å²) in [7, 11) is 1.83. The zero-order chi connectivity index (χ0) is 11.4. The molecule has 4 nitrogen and oxygen atoms in total. The third-order valence-electron chi connectivity index (χ3n) is 2.14. The molecule has 92 valence electrons. The summed E-state index contributed by atoms with van der Waals surface area (Å²) in [6, 6.07) is 7.65. The van der Waals surface area contributed by atoms with Crippen molar-refractivity contribution in [2.45, 2.75) is 13.0 Å². The second-order valence-corrected chi connectivity index (χ2v) is 3.81. The number of nitrogens with one attached hydrogen (secondary N) is 1. The third kappa shape index (κ3) is 3.70. The normalized spacial score (nSPS) is 10.0. The van der Waals surface area contributed by atoms with E-state index in [4.69, 9.17) is 16.1 Å². The van der Waals surface area contributed by atoms with Gasteiger partial charge in [0.05, 0.1) is 6.54 Å². The summed E-state index contributed by atoms with van der Waals surface area (Å²) in [5.74, 6) is 1.24. The molecule has 0 atom stereocenters. The summed E-state index contributed by atoms with van der Waals surface area (Å²) in [6.07, 6.45) is 0.590. The molecule has 0 radical (unpaired) electrons. The lowest BCUT2D eigenvalue weighted by Crippen LogP contribution is -2.05. The van der Waals surface area contributed by atoms with E-state index in [-0.39, 0.29) is 12.4 Å². The molecule has 1 N–H and O–H groups in total. The monoisotopic (exact) mass is 273 g/mol. The van der Waals surface area contributed by atoms with Crippen LogP contribution in [0.5, 0.6) is 0 Å². The Morgan fingerprint density at radius 3 is 2.82 bits per heavy atom. The molecule has 0 aliphatic carbocycles. The van der Waals surface area contributed by atoms with E-state index < -0.39 is 0 Å². The fourth-order valence-electron chi connectivity index (χ4n) is 1.40. The maximum Gasteiger partial charge on any atom is 0.240 e. The molecule has 0 saturated heterocycles. The van der Waals surface area contributed by atoms with Gasteiger partial charge in [0.25, 0.3) is 0 Å². The predicted molar refractivity (Wildman–Crippen MR) is 68.6 cm³/mol. The number of rotatable bonds is 4. The quantitative estimate of drug-likeness (QED) is 0.930. The van der Waals surface area contributed by atoms with Crippen molar-refractivity contribution in [1.29, 1.82) is 0 Å². The molecule has 17 heavy (non-hydrogen) atoms. The summed E-state index contributed by atoms with van der Waals surface area (Å²) in [4.78, 5) is 4.24. The van der Waals surface area contributed by atoms with Gasteiger partial charge in [-0.05, 0) is 18.7 Å². The van der Waals surface area contributed by atoms with Crippen LogP contribution in [0.2, 0.25) is 5.02 Å². The van der Waals surface area contributed by atoms with Gasteiger partial charge in [0.15, 0.2) is 5.82 Å². The molecule has 0 aliphatic heterocycles. The van der Waals surface area contributed by atoms with Gasteiger partial charge in [-0.2, -0.15) is 4.98 Å². The highest BCUT2D eigenvalue weighted by Gasteiger charge is 2.07. The number of halogens is 2. The Hall–Kier alpha value is -1.10. The van der Waals surface area contributed by atoms with Gasteiger partial charge >= 0.3 is 0 Å². The zero-order valence-corrected chi connectivity index (χ0v) is 10.9. The predicted octanol–water partition coefficient (Wildman–Crippen LogP) is 2.46. The van der Waals surface area contributed by atoms with E-state index in [2.05, 4.69) is 15.5 Å². The lowest BCUT2D eigenvalue weighted by molar-refractivity contribution is 0.367. The maximum absolute atomic E-state index is 6.04. The molecule has 1 aromatic carbocycles. The number of hydrogen-bond donors (Lipinski definition) is 1. The number of hydrogen-bond acceptors (Lipinski definition) is 4. The second kappa shape index (κ2) is 6.59. The van der Waals surface area contributed by atoms with E-state index in [1.807, 2.05) is 31.3 Å². The molecule has 2 rings (SSSR count). The number of benzene rings is 1. The van der Waals surface area contributed by atoms with E-state index in [1.165, 1.54) is 0 Å². The van der Waals surface area contributed by atoms with E-state index >= 15 is 0 Å². The van der Waals surface area contributed by atoms with Gasteiger partial charge in [-0.25, -0.2) is 0 Å². The highest BCUT2D eigenvalue weighted by atomic mass is 35.5. The molecule has 6 heteroatoms. The van der Waals surface area contributed by atoms with Gasteiger partial charge in [0.2, 0.25) is 5.89 Å². The summed E-state index contributed by atoms with van der Waals surface area (Å²) in [5, 5.41) is 7.56. The summed E-state index contributed by atoms with van der Waals surface area (Å²) >= 11 is 6.04. The highest BCUT2D eigenvalue weighted by Crippen LogP contribution is 2.17. The molecule has 0 saturated carbocycles. The van der Waals surface area contributed by atoms with Crippen LogP contribution in [0, 0.1) is 0 Å². The fraction of sp³-hybridized carbons (Fsp3) is 0.273. The minimum atomic E-state index is 0. The lowest BCUT2D eigenvalue weighted by atomic mass is 10.1. The van der Waals surface area contributed by atoms with Crippen LogP contribution in [-0.2, 0) is 13.0 Å². The molecular formula is C11H13Cl2N3O. The SMILES string of the molecule is CNCc1nc(Cc2ccccc2Cl)no1.Cl. The molecule has 0 aliphatic rings. The first-order chi connectivity index (χ1) is 7.79. The Balaban J connectivity index is 0.00000144. The van der Waals surface area contributed by atoms with Crippen LogP contribution in [0.15, 0.2) is 28.8 Å². The van der Waals surface area contributed by atoms with Gasteiger partial charge in [0.1, 0.15) is 0 Å². The summed E-state index contributed by atoms with van der Waals surface area (Å²) in [6.45, 7) is 0.579. The Labute approximate surface area is 111 Å². The molecule has 1 heterocycles. The first kappa shape index (κ1) is 14.0. The summed E-state index contributed by atoms with van der Waals surface area (Å²) in [5.41, 5.74) is 1.00. The molecule has 2 aromatic rings. The third-order valence-corrected chi connectivity index (χ3v) is 2.51. The van der Waals surface area contributed by atoms with Crippen LogP contribution in [0.3, 0.4) is 0 Å². The topological polar surface area (TPSA) is 51.0 Å². The molecule has 0 amide bonds. The van der Waals surface area contributed by atoms with Crippen LogP contribution in [0.25, 0.3) is 0 Å². The minimum Gasteiger partial charge on any atom is -0.338 e. The van der Waals surface area contributed by atoms with Gasteiger partial charge in [-0.3, -0.25) is 0 Å². The fourth-order valence-corrected chi connectivity index (χ4v) is 1.60. The second-order valence-electron chi connectivity index (χ2n) is 3.40. The maximum atomic E-state index is 6.04. The first-order valence-electron chi connectivity index (χ1n) is 4.99. The van der Waals surface area contributed by atoms with E-state index in [0.29, 0.717) is 24.7 Å². The first-order valence-corrected chi connectivity index (χ1v) is 5.37. The van der Waals surface area contributed by atoms with Gasteiger partial charge in [-0.1, -0.05) is 35.0 Å². The smallest absolute Gasteiger partial charge is 0.240 e. The van der Waals surface area contributed by atoms with E-state index in [9.17, 15) is 0 Å². The molecule has 0 fully saturated rings. The van der Waals surface area contributed by atoms with Crippen molar-refractivity contribution in [2.75, 3.05) is 7.05 Å². The van der Waals surface area contributed by atoms with Crippen molar-refractivity contribution >= 4 is 24.0 Å². The summed E-state index contributed by atoms with van der Waals surface area (Å²) < 4.78 is 5.05. The molecule has 0 spiro atoms. The average molecular weight is 274 g/mol. The van der Waals surface area contributed by atoms with E-state index in [0.717, 1.165) is 10.6 Å². The number of nitrogens with zero attached hydrogens (tertiary/aromatic N) is 2. The van der Waals surface area contributed by atoms with Crippen molar-refractivity contribution in [3.8, 4) is 0 Å². The Morgan fingerprint density at radius 1 is 1.35 bits per heavy atom. The average Bonchev–Trinajstić information content (AvgIpc) is 2.70. The van der Waals surface area contributed by atoms with Crippen LogP contribution >= 0.6 is 24.0 Å². The van der Waals surface area contributed by atoms with Gasteiger partial charge in [0, 0.05) is 11.4 Å². The van der Waals surface area contributed by atoms with Crippen molar-refractivity contribution in [3.63, 3.8) is 0 Å². The molecular weight excluding hydrogens is 261 g/mol. The zero-order valence-electron chi connectivity index (χ0n) is 9.31. The highest BCUT2D eigenvalue weighted by molar-refractivity contribution is 6.31. The van der Waals surface area contributed by atoms with Gasteiger partial charge in [-0.15, -0.1) is 12.4 Å². The van der Waals surface area contributed by atoms with Crippen LogP contribution < -0.4 is 5.32 Å². The number of aromatic nitrogens is 2. The van der Waals surface area contributed by atoms with Crippen molar-refractivity contribution in [3.05, 3.63) is 46.6 Å². The lowest BCUT2D eigenvalue weighted by Gasteiger charge is -1.98. The van der Waals surface area contributed by atoms with Crippen molar-refractivity contribution in [1.82, 2.24) is 15.5 Å². The van der Waals surface area contributed by atoms with Crippen LogP contribution in [0.1, 0.15) is 17.3 Å². The Morgan fingerprint density at radius 2 is 2.12 bits per heavy atom. The molecule has 0 bridgehead atoms. The van der Waals surface area contributed by atoms with Crippen LogP contribution in [0.4, 0.5) is 0 Å². The van der Waals surface area contributed by atoms with E-state index in [1.54, 1.807) is 0 Å². The molecule has 1 aromatic heterocycles. The van der Waals surface area contributed by atoms with Crippen molar-refractivity contribution < 1.29 is 4.52 Å². The molecule has 0 unspecified atom stereocenters. The standard InChI is InChI=1S/C11H12ClN3O.ClH/c1-13-7-11-14-10(15-16-11)6-8-4-2-3-5-9(8)12;/h2-5,13H,6-7H2,1H3;1H. The van der Waals surface area contributed by atoms with Gasteiger partial charge < -0.3 is 9.84 Å². The van der Waals surface area contributed by atoms with Crippen molar-refractivity contribution in [2.24, 2.45) is 0 Å².